The van der Waals surface area contributed by atoms with Gasteiger partial charge in [-0.3, -0.25) is 9.78 Å². The Hall–Kier alpha value is -1.58. The lowest BCUT2D eigenvalue weighted by Gasteiger charge is -2.15. The molecule has 1 heterocycles. The molecule has 1 rings (SSSR count). The number of anilines is 1. The normalized spacial score (nSPS) is 12.1. The standard InChI is InChI=1S/C14H23N3O/c1-3-4-5-6-7-11(2)17-12-8-9-16-13(10-12)14(15)18/h8-11H,3-7H2,1-2H3,(H2,15,18)(H,16,17). The monoisotopic (exact) mass is 249 g/mol. The zero-order valence-corrected chi connectivity index (χ0v) is 11.3. The fourth-order valence-electron chi connectivity index (χ4n) is 1.89. The van der Waals surface area contributed by atoms with Crippen LogP contribution < -0.4 is 11.1 Å². The number of nitrogens with zero attached hydrogens (tertiary/aromatic N) is 1. The van der Waals surface area contributed by atoms with Crippen molar-refractivity contribution in [3.63, 3.8) is 0 Å². The largest absolute Gasteiger partial charge is 0.382 e. The lowest BCUT2D eigenvalue weighted by molar-refractivity contribution is 0.0995. The molecule has 100 valence electrons. The third-order valence-corrected chi connectivity index (χ3v) is 2.92. The third kappa shape index (κ3) is 5.17. The zero-order chi connectivity index (χ0) is 13.4. The van der Waals surface area contributed by atoms with Crippen molar-refractivity contribution in [2.24, 2.45) is 5.73 Å². The second-order valence-electron chi connectivity index (χ2n) is 4.69. The van der Waals surface area contributed by atoms with E-state index in [4.69, 9.17) is 5.73 Å². The summed E-state index contributed by atoms with van der Waals surface area (Å²) in [6.07, 6.45) is 7.81. The minimum absolute atomic E-state index is 0.304. The van der Waals surface area contributed by atoms with E-state index in [2.05, 4.69) is 24.1 Å². The molecule has 0 bridgehead atoms. The molecular weight excluding hydrogens is 226 g/mol. The van der Waals surface area contributed by atoms with E-state index < -0.39 is 5.91 Å². The maximum absolute atomic E-state index is 11.0. The molecule has 1 aromatic rings. The Morgan fingerprint density at radius 2 is 2.22 bits per heavy atom. The minimum atomic E-state index is -0.491. The summed E-state index contributed by atoms with van der Waals surface area (Å²) in [5, 5.41) is 3.37. The van der Waals surface area contributed by atoms with E-state index in [-0.39, 0.29) is 0 Å². The lowest BCUT2D eigenvalue weighted by Crippen LogP contribution is -2.17. The predicted molar refractivity (Wildman–Crippen MR) is 74.6 cm³/mol. The number of rotatable bonds is 8. The molecule has 0 aromatic carbocycles. The van der Waals surface area contributed by atoms with Gasteiger partial charge in [-0.25, -0.2) is 0 Å². The van der Waals surface area contributed by atoms with Gasteiger partial charge in [0.15, 0.2) is 0 Å². The average molecular weight is 249 g/mol. The van der Waals surface area contributed by atoms with Crippen LogP contribution in [-0.2, 0) is 0 Å². The van der Waals surface area contributed by atoms with Crippen molar-refractivity contribution in [1.29, 1.82) is 0 Å². The van der Waals surface area contributed by atoms with Crippen molar-refractivity contribution < 1.29 is 4.79 Å². The Labute approximate surface area is 109 Å². The smallest absolute Gasteiger partial charge is 0.267 e. The van der Waals surface area contributed by atoms with Crippen LogP contribution >= 0.6 is 0 Å². The SMILES string of the molecule is CCCCCCC(C)Nc1ccnc(C(N)=O)c1. The molecule has 3 N–H and O–H groups in total. The average Bonchev–Trinajstić information content (AvgIpc) is 2.35. The molecule has 0 fully saturated rings. The quantitative estimate of drug-likeness (QED) is 0.696. The van der Waals surface area contributed by atoms with Gasteiger partial charge >= 0.3 is 0 Å². The number of hydrogen-bond acceptors (Lipinski definition) is 3. The Morgan fingerprint density at radius 3 is 2.89 bits per heavy atom. The molecule has 18 heavy (non-hydrogen) atoms. The van der Waals surface area contributed by atoms with Crippen molar-refractivity contribution in [3.8, 4) is 0 Å². The highest BCUT2D eigenvalue weighted by Gasteiger charge is 2.05. The van der Waals surface area contributed by atoms with Gasteiger partial charge in [0, 0.05) is 17.9 Å². The van der Waals surface area contributed by atoms with Crippen LogP contribution in [0.4, 0.5) is 5.69 Å². The number of pyridine rings is 1. The fourth-order valence-corrected chi connectivity index (χ4v) is 1.89. The molecule has 0 saturated carbocycles. The Bertz CT molecular complexity index is 379. The molecule has 4 nitrogen and oxygen atoms in total. The highest BCUT2D eigenvalue weighted by molar-refractivity contribution is 5.91. The maximum Gasteiger partial charge on any atom is 0.267 e. The van der Waals surface area contributed by atoms with Crippen molar-refractivity contribution in [3.05, 3.63) is 24.0 Å². The Kier molecular flexibility index (Phi) is 6.19. The predicted octanol–water partition coefficient (Wildman–Crippen LogP) is 2.95. The lowest BCUT2D eigenvalue weighted by atomic mass is 10.1. The molecule has 0 aliphatic heterocycles. The van der Waals surface area contributed by atoms with Gasteiger partial charge in [0.25, 0.3) is 5.91 Å². The second kappa shape index (κ2) is 7.69. The number of nitrogens with two attached hydrogens (primary N) is 1. The molecule has 0 spiro atoms. The van der Waals surface area contributed by atoms with E-state index in [1.165, 1.54) is 25.7 Å². The summed E-state index contributed by atoms with van der Waals surface area (Å²) in [5.74, 6) is -0.491. The van der Waals surface area contributed by atoms with Crippen molar-refractivity contribution >= 4 is 11.6 Å². The number of aromatic nitrogens is 1. The summed E-state index contributed by atoms with van der Waals surface area (Å²) in [5.41, 5.74) is 6.41. The van der Waals surface area contributed by atoms with E-state index in [0.29, 0.717) is 11.7 Å². The van der Waals surface area contributed by atoms with Gasteiger partial charge < -0.3 is 11.1 Å². The van der Waals surface area contributed by atoms with Crippen LogP contribution in [0, 0.1) is 0 Å². The highest BCUT2D eigenvalue weighted by Crippen LogP contribution is 2.13. The molecule has 0 radical (unpaired) electrons. The molecule has 1 aromatic heterocycles. The molecule has 0 aliphatic carbocycles. The first kappa shape index (κ1) is 14.5. The van der Waals surface area contributed by atoms with Crippen molar-refractivity contribution in [2.45, 2.75) is 52.0 Å². The number of hydrogen-bond donors (Lipinski definition) is 2. The van der Waals surface area contributed by atoms with Crippen LogP contribution in [0.15, 0.2) is 18.3 Å². The maximum atomic E-state index is 11.0. The molecule has 0 saturated heterocycles. The first-order chi connectivity index (χ1) is 8.63. The number of nitrogens with one attached hydrogen (secondary N) is 1. The summed E-state index contributed by atoms with van der Waals surface area (Å²) in [6, 6.07) is 3.95. The van der Waals surface area contributed by atoms with Gasteiger partial charge in [0.2, 0.25) is 0 Å². The molecule has 4 heteroatoms. The minimum Gasteiger partial charge on any atom is -0.382 e. The number of primary amides is 1. The van der Waals surface area contributed by atoms with Gasteiger partial charge in [-0.1, -0.05) is 32.6 Å². The van der Waals surface area contributed by atoms with Gasteiger partial charge in [-0.15, -0.1) is 0 Å². The number of amides is 1. The fraction of sp³-hybridized carbons (Fsp3) is 0.571. The summed E-state index contributed by atoms with van der Waals surface area (Å²) in [7, 11) is 0. The summed E-state index contributed by atoms with van der Waals surface area (Å²) < 4.78 is 0. The number of carbonyl (C=O) groups excluding carboxylic acids is 1. The Morgan fingerprint density at radius 1 is 1.44 bits per heavy atom. The number of unbranched alkanes of at least 4 members (excludes halogenated alkanes) is 3. The summed E-state index contributed by atoms with van der Waals surface area (Å²) >= 11 is 0. The van der Waals surface area contributed by atoms with Crippen LogP contribution in [0.5, 0.6) is 0 Å². The summed E-state index contributed by atoms with van der Waals surface area (Å²) in [4.78, 5) is 14.9. The Balaban J connectivity index is 2.41. The van der Waals surface area contributed by atoms with Gasteiger partial charge in [0.1, 0.15) is 5.69 Å². The molecule has 1 atom stereocenters. The molecular formula is C14H23N3O. The van der Waals surface area contributed by atoms with Crippen LogP contribution in [0.25, 0.3) is 0 Å². The van der Waals surface area contributed by atoms with Crippen LogP contribution in [0.2, 0.25) is 0 Å². The summed E-state index contributed by atoms with van der Waals surface area (Å²) in [6.45, 7) is 4.36. The van der Waals surface area contributed by atoms with E-state index in [9.17, 15) is 4.79 Å². The third-order valence-electron chi connectivity index (χ3n) is 2.92. The van der Waals surface area contributed by atoms with Crippen molar-refractivity contribution in [1.82, 2.24) is 4.98 Å². The highest BCUT2D eigenvalue weighted by atomic mass is 16.1. The van der Waals surface area contributed by atoms with Gasteiger partial charge in [0.05, 0.1) is 0 Å². The molecule has 1 unspecified atom stereocenters. The second-order valence-corrected chi connectivity index (χ2v) is 4.69. The molecule has 0 aliphatic rings. The van der Waals surface area contributed by atoms with Crippen LogP contribution in [0.3, 0.4) is 0 Å². The first-order valence-electron chi connectivity index (χ1n) is 6.66. The van der Waals surface area contributed by atoms with E-state index in [1.54, 1.807) is 12.3 Å². The van der Waals surface area contributed by atoms with E-state index in [1.807, 2.05) is 6.07 Å². The van der Waals surface area contributed by atoms with Gasteiger partial charge in [-0.2, -0.15) is 0 Å². The van der Waals surface area contributed by atoms with Crippen LogP contribution in [0.1, 0.15) is 56.4 Å². The van der Waals surface area contributed by atoms with E-state index >= 15 is 0 Å². The van der Waals surface area contributed by atoms with E-state index in [0.717, 1.165) is 12.1 Å². The topological polar surface area (TPSA) is 68.0 Å². The van der Waals surface area contributed by atoms with Gasteiger partial charge in [-0.05, 0) is 25.5 Å². The first-order valence-corrected chi connectivity index (χ1v) is 6.66. The zero-order valence-electron chi connectivity index (χ0n) is 11.3. The van der Waals surface area contributed by atoms with Crippen molar-refractivity contribution in [2.75, 3.05) is 5.32 Å². The molecule has 1 amide bonds. The van der Waals surface area contributed by atoms with Crippen LogP contribution in [-0.4, -0.2) is 16.9 Å². The number of carbonyl (C=O) groups is 1.